The van der Waals surface area contributed by atoms with E-state index in [9.17, 15) is 14.3 Å². The Labute approximate surface area is 182 Å². The summed E-state index contributed by atoms with van der Waals surface area (Å²) in [6.07, 6.45) is 7.44. The molecule has 0 radical (unpaired) electrons. The lowest BCUT2D eigenvalue weighted by Crippen LogP contribution is -2.62. The fourth-order valence-corrected chi connectivity index (χ4v) is 7.46. The van der Waals surface area contributed by atoms with Crippen LogP contribution in [-0.2, 0) is 5.41 Å². The minimum Gasteiger partial charge on any atom is -0.390 e. The van der Waals surface area contributed by atoms with Gasteiger partial charge in [0.1, 0.15) is 5.82 Å². The van der Waals surface area contributed by atoms with E-state index in [-0.39, 0.29) is 23.2 Å². The summed E-state index contributed by atoms with van der Waals surface area (Å²) in [7, 11) is 0. The van der Waals surface area contributed by atoms with Crippen LogP contribution < -0.4 is 0 Å². The standard InChI is InChI=1S/C25H30FN3O2/c1-24(2)7-8-28(21-16-9-15-10-17(21)13-25(31,11-15)12-16)23(30)20-14-27-29(22(20)24)19-5-3-18(26)4-6-19/h3-6,14-17,21,31H,7-13H2,1-2H3. The molecular formula is C25H30FN3O2. The molecule has 1 N–H and O–H groups in total. The van der Waals surface area contributed by atoms with Gasteiger partial charge in [0, 0.05) is 18.0 Å². The van der Waals surface area contributed by atoms with E-state index in [4.69, 9.17) is 0 Å². The number of fused-ring (bicyclic) bond motifs is 1. The van der Waals surface area contributed by atoms with E-state index >= 15 is 0 Å². The Kier molecular flexibility index (Phi) is 4.03. The van der Waals surface area contributed by atoms with E-state index in [1.165, 1.54) is 12.1 Å². The first-order chi connectivity index (χ1) is 14.7. The maximum absolute atomic E-state index is 13.9. The summed E-state index contributed by atoms with van der Waals surface area (Å²) < 4.78 is 15.3. The second-order valence-electron chi connectivity index (χ2n) is 11.1. The molecule has 4 saturated carbocycles. The molecule has 0 saturated heterocycles. The van der Waals surface area contributed by atoms with Crippen molar-refractivity contribution in [2.24, 2.45) is 17.8 Å². The number of rotatable bonds is 2. The Hall–Kier alpha value is -2.21. The first-order valence-electron chi connectivity index (χ1n) is 11.6. The van der Waals surface area contributed by atoms with Crippen LogP contribution in [0.4, 0.5) is 4.39 Å². The molecular weight excluding hydrogens is 393 g/mol. The lowest BCUT2D eigenvalue weighted by Gasteiger charge is -2.60. The van der Waals surface area contributed by atoms with Crippen molar-refractivity contribution in [3.8, 4) is 5.69 Å². The van der Waals surface area contributed by atoms with Gasteiger partial charge in [-0.15, -0.1) is 0 Å². The predicted octanol–water partition coefficient (Wildman–Crippen LogP) is 4.07. The number of amides is 1. The van der Waals surface area contributed by atoms with Gasteiger partial charge in [-0.05, 0) is 80.5 Å². The van der Waals surface area contributed by atoms with Crippen molar-refractivity contribution < 1.29 is 14.3 Å². The lowest BCUT2D eigenvalue weighted by atomic mass is 9.52. The highest BCUT2D eigenvalue weighted by Gasteiger charge is 2.57. The van der Waals surface area contributed by atoms with E-state index < -0.39 is 5.60 Å². The number of benzene rings is 1. The Bertz CT molecular complexity index is 1030. The molecule has 1 aromatic carbocycles. The fourth-order valence-electron chi connectivity index (χ4n) is 7.46. The summed E-state index contributed by atoms with van der Waals surface area (Å²) in [5, 5.41) is 15.6. The van der Waals surface area contributed by atoms with E-state index in [1.807, 2.05) is 4.68 Å². The zero-order chi connectivity index (χ0) is 21.5. The second kappa shape index (κ2) is 6.41. The van der Waals surface area contributed by atoms with Crippen LogP contribution in [0.5, 0.6) is 0 Å². The fraction of sp³-hybridized carbons (Fsp3) is 0.600. The normalized spacial score (nSPS) is 35.9. The maximum Gasteiger partial charge on any atom is 0.257 e. The molecule has 5 aliphatic rings. The first-order valence-corrected chi connectivity index (χ1v) is 11.6. The molecule has 4 bridgehead atoms. The van der Waals surface area contributed by atoms with Crippen LogP contribution in [0.15, 0.2) is 30.5 Å². The Morgan fingerprint density at radius 2 is 1.77 bits per heavy atom. The van der Waals surface area contributed by atoms with Gasteiger partial charge in [-0.1, -0.05) is 13.8 Å². The molecule has 164 valence electrons. The van der Waals surface area contributed by atoms with Gasteiger partial charge in [0.25, 0.3) is 5.91 Å². The van der Waals surface area contributed by atoms with Crippen LogP contribution in [0.2, 0.25) is 0 Å². The average Bonchev–Trinajstić information content (AvgIpc) is 3.11. The molecule has 5 nitrogen and oxygen atoms in total. The zero-order valence-corrected chi connectivity index (χ0v) is 18.2. The van der Waals surface area contributed by atoms with Crippen molar-refractivity contribution >= 4 is 5.91 Å². The van der Waals surface area contributed by atoms with Crippen LogP contribution in [-0.4, -0.2) is 43.9 Å². The molecule has 1 aromatic heterocycles. The molecule has 7 rings (SSSR count). The minimum atomic E-state index is -0.500. The number of halogens is 1. The third kappa shape index (κ3) is 2.90. The SMILES string of the molecule is CC1(C)CCN(C2C3CC4CC2CC(O)(C4)C3)C(=O)c2cnn(-c3ccc(F)cc3)c21. The van der Waals surface area contributed by atoms with Gasteiger partial charge in [0.2, 0.25) is 0 Å². The van der Waals surface area contributed by atoms with Crippen LogP contribution in [0.3, 0.4) is 0 Å². The average molecular weight is 424 g/mol. The molecule has 4 fully saturated rings. The second-order valence-corrected chi connectivity index (χ2v) is 11.1. The van der Waals surface area contributed by atoms with E-state index in [0.717, 1.165) is 56.5 Å². The van der Waals surface area contributed by atoms with E-state index in [1.54, 1.807) is 18.3 Å². The first kappa shape index (κ1) is 19.5. The minimum absolute atomic E-state index is 0.0680. The van der Waals surface area contributed by atoms with Crippen molar-refractivity contribution in [3.05, 3.63) is 47.5 Å². The Morgan fingerprint density at radius 3 is 2.42 bits per heavy atom. The number of nitrogens with zero attached hydrogens (tertiary/aromatic N) is 3. The van der Waals surface area contributed by atoms with E-state index in [2.05, 4.69) is 23.8 Å². The van der Waals surface area contributed by atoms with E-state index in [0.29, 0.717) is 23.3 Å². The largest absolute Gasteiger partial charge is 0.390 e. The molecule has 2 unspecified atom stereocenters. The number of aliphatic hydroxyl groups is 1. The Balaban J connectivity index is 1.39. The molecule has 2 heterocycles. The molecule has 0 spiro atoms. The summed E-state index contributed by atoms with van der Waals surface area (Å²) in [6.45, 7) is 5.07. The number of carbonyl (C=O) groups excluding carboxylic acids is 1. The van der Waals surface area contributed by atoms with Crippen molar-refractivity contribution in [2.75, 3.05) is 6.54 Å². The van der Waals surface area contributed by atoms with Crippen LogP contribution in [0, 0.1) is 23.6 Å². The van der Waals surface area contributed by atoms with Gasteiger partial charge >= 0.3 is 0 Å². The third-order valence-corrected chi connectivity index (χ3v) is 8.50. The van der Waals surface area contributed by atoms with Crippen molar-refractivity contribution in [1.29, 1.82) is 0 Å². The summed E-state index contributed by atoms with van der Waals surface area (Å²) in [5.41, 5.74) is 1.61. The topological polar surface area (TPSA) is 58.4 Å². The summed E-state index contributed by atoms with van der Waals surface area (Å²) >= 11 is 0. The molecule has 1 amide bonds. The third-order valence-electron chi connectivity index (χ3n) is 8.50. The van der Waals surface area contributed by atoms with Crippen LogP contribution in [0.1, 0.15) is 68.4 Å². The highest BCUT2D eigenvalue weighted by atomic mass is 19.1. The van der Waals surface area contributed by atoms with Crippen molar-refractivity contribution in [1.82, 2.24) is 14.7 Å². The molecule has 2 aromatic rings. The highest BCUT2D eigenvalue weighted by Crippen LogP contribution is 2.57. The Morgan fingerprint density at radius 1 is 1.10 bits per heavy atom. The number of carbonyl (C=O) groups is 1. The number of hydrogen-bond donors (Lipinski definition) is 1. The molecule has 4 aliphatic carbocycles. The summed E-state index contributed by atoms with van der Waals surface area (Å²) in [4.78, 5) is 16.0. The zero-order valence-electron chi connectivity index (χ0n) is 18.2. The summed E-state index contributed by atoms with van der Waals surface area (Å²) in [5.74, 6) is 1.20. The van der Waals surface area contributed by atoms with Gasteiger partial charge < -0.3 is 10.0 Å². The van der Waals surface area contributed by atoms with Gasteiger partial charge in [0.05, 0.1) is 28.7 Å². The number of aromatic nitrogens is 2. The van der Waals surface area contributed by atoms with Gasteiger partial charge in [-0.2, -0.15) is 5.10 Å². The predicted molar refractivity (Wildman–Crippen MR) is 114 cm³/mol. The molecule has 31 heavy (non-hydrogen) atoms. The lowest BCUT2D eigenvalue weighted by molar-refractivity contribution is -0.154. The monoisotopic (exact) mass is 423 g/mol. The van der Waals surface area contributed by atoms with Crippen molar-refractivity contribution in [2.45, 2.75) is 69.4 Å². The quantitative estimate of drug-likeness (QED) is 0.792. The maximum atomic E-state index is 13.9. The number of hydrogen-bond acceptors (Lipinski definition) is 3. The van der Waals surface area contributed by atoms with Crippen LogP contribution in [0.25, 0.3) is 5.69 Å². The van der Waals surface area contributed by atoms with Gasteiger partial charge in [-0.25, -0.2) is 9.07 Å². The highest BCUT2D eigenvalue weighted by molar-refractivity contribution is 5.96. The molecule has 2 atom stereocenters. The molecule has 6 heteroatoms. The van der Waals surface area contributed by atoms with Gasteiger partial charge in [0.15, 0.2) is 0 Å². The van der Waals surface area contributed by atoms with Crippen LogP contribution >= 0.6 is 0 Å². The van der Waals surface area contributed by atoms with Crippen molar-refractivity contribution in [3.63, 3.8) is 0 Å². The van der Waals surface area contributed by atoms with Gasteiger partial charge in [-0.3, -0.25) is 4.79 Å². The molecule has 1 aliphatic heterocycles. The smallest absolute Gasteiger partial charge is 0.257 e. The summed E-state index contributed by atoms with van der Waals surface area (Å²) in [6, 6.07) is 6.51.